The number of hydrogen-bond donors (Lipinski definition) is 3. The van der Waals surface area contributed by atoms with Gasteiger partial charge in [0, 0.05) is 30.2 Å². The summed E-state index contributed by atoms with van der Waals surface area (Å²) in [6.45, 7) is 0.649. The van der Waals surface area contributed by atoms with Gasteiger partial charge >= 0.3 is 5.97 Å². The molecular formula is C12H15N3O5. The molecule has 20 heavy (non-hydrogen) atoms. The molecule has 4 N–H and O–H groups in total. The molecule has 0 heterocycles. The number of carbonyl (C=O) groups is 2. The van der Waals surface area contributed by atoms with E-state index in [4.69, 9.17) is 10.8 Å². The average molecular weight is 281 g/mol. The summed E-state index contributed by atoms with van der Waals surface area (Å²) in [5.41, 5.74) is 5.37. The number of nitro benzene ring substituents is 1. The van der Waals surface area contributed by atoms with Crippen molar-refractivity contribution in [3.8, 4) is 0 Å². The lowest BCUT2D eigenvalue weighted by Gasteiger charge is -2.06. The number of carboxylic acid groups (broad SMARTS) is 1. The van der Waals surface area contributed by atoms with Gasteiger partial charge in [0.2, 0.25) is 5.91 Å². The number of aliphatic carboxylic acids is 1. The normalized spacial score (nSPS) is 10.2. The molecule has 0 unspecified atom stereocenters. The SMILES string of the molecule is NC(=O)c1ccc(CNCCCC(=O)O)c([N+](=O)[O-])c1. The van der Waals surface area contributed by atoms with Gasteiger partial charge in [-0.2, -0.15) is 0 Å². The Hall–Kier alpha value is -2.48. The summed E-state index contributed by atoms with van der Waals surface area (Å²) in [5.74, 6) is -1.61. The molecule has 0 radical (unpaired) electrons. The summed E-state index contributed by atoms with van der Waals surface area (Å²) >= 11 is 0. The molecule has 0 fully saturated rings. The van der Waals surface area contributed by atoms with Crippen molar-refractivity contribution in [1.82, 2.24) is 5.32 Å². The molecule has 1 aromatic carbocycles. The van der Waals surface area contributed by atoms with Crippen LogP contribution in [-0.2, 0) is 11.3 Å². The first-order chi connectivity index (χ1) is 9.41. The van der Waals surface area contributed by atoms with E-state index in [1.165, 1.54) is 12.1 Å². The number of carbonyl (C=O) groups excluding carboxylic acids is 1. The lowest BCUT2D eigenvalue weighted by atomic mass is 10.1. The van der Waals surface area contributed by atoms with E-state index in [9.17, 15) is 19.7 Å². The Morgan fingerprint density at radius 3 is 2.65 bits per heavy atom. The second kappa shape index (κ2) is 7.19. The minimum Gasteiger partial charge on any atom is -0.481 e. The van der Waals surface area contributed by atoms with Gasteiger partial charge in [-0.15, -0.1) is 0 Å². The molecule has 0 spiro atoms. The van der Waals surface area contributed by atoms with Crippen LogP contribution in [0.3, 0.4) is 0 Å². The van der Waals surface area contributed by atoms with Gasteiger partial charge in [0.1, 0.15) is 0 Å². The Balaban J connectivity index is 2.67. The number of primary amides is 1. The van der Waals surface area contributed by atoms with Crippen LogP contribution in [0.2, 0.25) is 0 Å². The Morgan fingerprint density at radius 2 is 2.10 bits per heavy atom. The van der Waals surface area contributed by atoms with Crippen molar-refractivity contribution in [2.75, 3.05) is 6.54 Å². The van der Waals surface area contributed by atoms with Gasteiger partial charge in [0.05, 0.1) is 4.92 Å². The zero-order valence-electron chi connectivity index (χ0n) is 10.7. The Morgan fingerprint density at radius 1 is 1.40 bits per heavy atom. The standard InChI is InChI=1S/C12H15N3O5/c13-12(18)8-3-4-9(10(6-8)15(19)20)7-14-5-1-2-11(16)17/h3-4,6,14H,1-2,5,7H2,(H2,13,18)(H,16,17). The summed E-state index contributed by atoms with van der Waals surface area (Å²) in [6.07, 6.45) is 0.470. The van der Waals surface area contributed by atoms with Crippen molar-refractivity contribution in [2.45, 2.75) is 19.4 Å². The molecule has 8 heteroatoms. The third kappa shape index (κ3) is 4.65. The summed E-state index contributed by atoms with van der Waals surface area (Å²) in [6, 6.07) is 4.02. The van der Waals surface area contributed by atoms with Crippen LogP contribution in [0.25, 0.3) is 0 Å². The first-order valence-corrected chi connectivity index (χ1v) is 5.91. The third-order valence-electron chi connectivity index (χ3n) is 2.63. The fourth-order valence-electron chi connectivity index (χ4n) is 1.62. The molecule has 8 nitrogen and oxygen atoms in total. The van der Waals surface area contributed by atoms with Gasteiger partial charge in [-0.25, -0.2) is 0 Å². The largest absolute Gasteiger partial charge is 0.481 e. The molecule has 1 amide bonds. The van der Waals surface area contributed by atoms with Gasteiger partial charge in [0.25, 0.3) is 5.69 Å². The molecule has 0 aliphatic carbocycles. The van der Waals surface area contributed by atoms with Gasteiger partial charge < -0.3 is 16.2 Å². The van der Waals surface area contributed by atoms with E-state index in [1.54, 1.807) is 0 Å². The molecular weight excluding hydrogens is 266 g/mol. The Bertz CT molecular complexity index is 530. The van der Waals surface area contributed by atoms with Crippen molar-refractivity contribution in [3.63, 3.8) is 0 Å². The van der Waals surface area contributed by atoms with E-state index in [0.717, 1.165) is 6.07 Å². The predicted molar refractivity (Wildman–Crippen MR) is 70.2 cm³/mol. The van der Waals surface area contributed by atoms with Crippen molar-refractivity contribution < 1.29 is 19.6 Å². The van der Waals surface area contributed by atoms with Crippen LogP contribution in [0.4, 0.5) is 5.69 Å². The van der Waals surface area contributed by atoms with Crippen LogP contribution in [-0.4, -0.2) is 28.5 Å². The van der Waals surface area contributed by atoms with Crippen molar-refractivity contribution >= 4 is 17.6 Å². The number of rotatable bonds is 8. The quantitative estimate of drug-likeness (QED) is 0.363. The molecule has 108 valence electrons. The number of amides is 1. The smallest absolute Gasteiger partial charge is 0.303 e. The minimum absolute atomic E-state index is 0.0374. The zero-order chi connectivity index (χ0) is 15.1. The predicted octanol–water partition coefficient (Wildman–Crippen LogP) is 0.648. The van der Waals surface area contributed by atoms with Crippen molar-refractivity contribution in [1.29, 1.82) is 0 Å². The third-order valence-corrected chi connectivity index (χ3v) is 2.63. The fourth-order valence-corrected chi connectivity index (χ4v) is 1.62. The van der Waals surface area contributed by atoms with Crippen LogP contribution in [0.15, 0.2) is 18.2 Å². The van der Waals surface area contributed by atoms with E-state index in [1.807, 2.05) is 0 Å². The number of nitrogens with one attached hydrogen (secondary N) is 1. The van der Waals surface area contributed by atoms with Gasteiger partial charge in [-0.05, 0) is 19.0 Å². The topological polar surface area (TPSA) is 136 Å². The summed E-state index contributed by atoms with van der Waals surface area (Å²) in [7, 11) is 0. The minimum atomic E-state index is -0.886. The summed E-state index contributed by atoms with van der Waals surface area (Å²) in [5, 5.41) is 22.3. The number of hydrogen-bond acceptors (Lipinski definition) is 5. The second-order valence-corrected chi connectivity index (χ2v) is 4.14. The van der Waals surface area contributed by atoms with Crippen LogP contribution in [0.1, 0.15) is 28.8 Å². The molecule has 0 bridgehead atoms. The second-order valence-electron chi connectivity index (χ2n) is 4.14. The van der Waals surface area contributed by atoms with Crippen molar-refractivity contribution in [2.24, 2.45) is 5.73 Å². The van der Waals surface area contributed by atoms with Crippen LogP contribution in [0, 0.1) is 10.1 Å². The molecule has 1 rings (SSSR count). The average Bonchev–Trinajstić information content (AvgIpc) is 2.37. The first-order valence-electron chi connectivity index (χ1n) is 5.91. The lowest BCUT2D eigenvalue weighted by molar-refractivity contribution is -0.385. The maximum absolute atomic E-state index is 11.0. The highest BCUT2D eigenvalue weighted by Crippen LogP contribution is 2.20. The monoisotopic (exact) mass is 281 g/mol. The van der Waals surface area contributed by atoms with Crippen LogP contribution < -0.4 is 11.1 Å². The Labute approximate surface area is 114 Å². The highest BCUT2D eigenvalue weighted by molar-refractivity contribution is 5.93. The molecule has 0 saturated heterocycles. The van der Waals surface area contributed by atoms with Gasteiger partial charge in [-0.1, -0.05) is 6.07 Å². The van der Waals surface area contributed by atoms with E-state index in [2.05, 4.69) is 5.32 Å². The van der Waals surface area contributed by atoms with Gasteiger partial charge in [0.15, 0.2) is 0 Å². The highest BCUT2D eigenvalue weighted by atomic mass is 16.6. The highest BCUT2D eigenvalue weighted by Gasteiger charge is 2.15. The first kappa shape index (κ1) is 15.6. The number of nitrogens with two attached hydrogens (primary N) is 1. The molecule has 0 aromatic heterocycles. The van der Waals surface area contributed by atoms with E-state index in [-0.39, 0.29) is 24.2 Å². The fraction of sp³-hybridized carbons (Fsp3) is 0.333. The lowest BCUT2D eigenvalue weighted by Crippen LogP contribution is -2.17. The molecule has 1 aromatic rings. The van der Waals surface area contributed by atoms with E-state index in [0.29, 0.717) is 18.5 Å². The van der Waals surface area contributed by atoms with E-state index >= 15 is 0 Å². The number of nitrogens with zero attached hydrogens (tertiary/aromatic N) is 1. The summed E-state index contributed by atoms with van der Waals surface area (Å²) in [4.78, 5) is 31.6. The molecule has 0 aliphatic heterocycles. The maximum atomic E-state index is 11.0. The number of nitro groups is 1. The van der Waals surface area contributed by atoms with Gasteiger partial charge in [-0.3, -0.25) is 19.7 Å². The molecule has 0 atom stereocenters. The van der Waals surface area contributed by atoms with E-state index < -0.39 is 16.8 Å². The number of carboxylic acids is 1. The Kier molecular flexibility index (Phi) is 5.60. The van der Waals surface area contributed by atoms with Crippen LogP contribution >= 0.6 is 0 Å². The summed E-state index contributed by atoms with van der Waals surface area (Å²) < 4.78 is 0. The zero-order valence-corrected chi connectivity index (χ0v) is 10.7. The van der Waals surface area contributed by atoms with Crippen LogP contribution in [0.5, 0.6) is 0 Å². The van der Waals surface area contributed by atoms with Crippen molar-refractivity contribution in [3.05, 3.63) is 39.4 Å². The maximum Gasteiger partial charge on any atom is 0.303 e. The molecule has 0 aliphatic rings. The number of benzene rings is 1. The molecule has 0 saturated carbocycles.